The fourth-order valence-electron chi connectivity index (χ4n) is 6.06. The van der Waals surface area contributed by atoms with Crippen molar-refractivity contribution >= 4 is 23.3 Å². The fraction of sp³-hybridized carbons (Fsp3) is 0.500. The summed E-state index contributed by atoms with van der Waals surface area (Å²) < 4.78 is 12.1. The highest BCUT2D eigenvalue weighted by atomic mass is 35.5. The number of aliphatic hydroxyl groups is 1. The van der Waals surface area contributed by atoms with Crippen LogP contribution in [0.3, 0.4) is 0 Å². The van der Waals surface area contributed by atoms with Crippen LogP contribution in [0.4, 0.5) is 5.69 Å². The summed E-state index contributed by atoms with van der Waals surface area (Å²) in [5.41, 5.74) is 3.28. The van der Waals surface area contributed by atoms with E-state index in [1.165, 1.54) is 11.1 Å². The Morgan fingerprint density at radius 2 is 2.11 bits per heavy atom. The summed E-state index contributed by atoms with van der Waals surface area (Å²) in [6.45, 7) is 11.6. The van der Waals surface area contributed by atoms with Crippen LogP contribution < -0.4 is 9.64 Å². The fourth-order valence-corrected chi connectivity index (χ4v) is 6.26. The second-order valence-electron chi connectivity index (χ2n) is 11.7. The van der Waals surface area contributed by atoms with Crippen molar-refractivity contribution in [3.05, 3.63) is 70.8 Å². The number of anilines is 1. The Balaban J connectivity index is 1.51. The van der Waals surface area contributed by atoms with E-state index < -0.39 is 11.7 Å². The first kappa shape index (κ1) is 25.2. The Bertz CT molecular complexity index is 1170. The molecule has 2 aliphatic carbocycles. The number of nitrogens with zero attached hydrogens (tertiary/aromatic N) is 1. The van der Waals surface area contributed by atoms with Gasteiger partial charge in [-0.3, -0.25) is 0 Å². The van der Waals surface area contributed by atoms with Crippen LogP contribution in [0.15, 0.2) is 49.1 Å². The number of aryl methyl sites for hydroxylation is 1. The second kappa shape index (κ2) is 9.42. The molecule has 3 aliphatic rings. The molecule has 0 radical (unpaired) electrons. The number of benzene rings is 2. The molecule has 0 amide bonds. The first-order chi connectivity index (χ1) is 17.1. The standard InChI is InChI=1S/C30H36ClNO4/c1-5-26(33)23-9-6-21(23)16-32-17-30(13-12-19-14-22(31)8-10-24(19)30)18-35-27-11-7-20(15-25(27)32)28(34)36-29(2,3)4/h5,7-8,10-11,14-15,21,23,26,33H,1,6,9,12-13,16-18H2,2-4H3/t21-,23+,26?,30-/m0/s1. The molecule has 2 aromatic rings. The number of hydrogen-bond acceptors (Lipinski definition) is 5. The van der Waals surface area contributed by atoms with Gasteiger partial charge in [0.25, 0.3) is 0 Å². The lowest BCUT2D eigenvalue weighted by Crippen LogP contribution is -2.47. The van der Waals surface area contributed by atoms with Gasteiger partial charge in [0.15, 0.2) is 0 Å². The molecular weight excluding hydrogens is 474 g/mol. The van der Waals surface area contributed by atoms with Gasteiger partial charge in [-0.05, 0) is 99.7 Å². The molecule has 36 heavy (non-hydrogen) atoms. The highest BCUT2D eigenvalue weighted by Crippen LogP contribution is 2.47. The third-order valence-corrected chi connectivity index (χ3v) is 8.29. The number of rotatable bonds is 5. The number of fused-ring (bicyclic) bond motifs is 3. The van der Waals surface area contributed by atoms with E-state index in [0.717, 1.165) is 55.2 Å². The lowest BCUT2D eigenvalue weighted by atomic mass is 9.70. The number of ether oxygens (including phenoxy) is 2. The average Bonchev–Trinajstić information content (AvgIpc) is 3.06. The van der Waals surface area contributed by atoms with Crippen LogP contribution in [0.25, 0.3) is 0 Å². The minimum absolute atomic E-state index is 0.165. The number of halogens is 1. The van der Waals surface area contributed by atoms with Crippen molar-refractivity contribution < 1.29 is 19.4 Å². The molecule has 0 bridgehead atoms. The van der Waals surface area contributed by atoms with E-state index in [4.69, 9.17) is 21.1 Å². The predicted molar refractivity (Wildman–Crippen MR) is 143 cm³/mol. The molecule has 1 fully saturated rings. The number of carbonyl (C=O) groups is 1. The summed E-state index contributed by atoms with van der Waals surface area (Å²) in [5, 5.41) is 11.2. The first-order valence-corrected chi connectivity index (χ1v) is 13.3. The molecule has 1 saturated carbocycles. The molecule has 1 unspecified atom stereocenters. The van der Waals surface area contributed by atoms with E-state index >= 15 is 0 Å². The topological polar surface area (TPSA) is 59.0 Å². The van der Waals surface area contributed by atoms with Crippen LogP contribution in [0.2, 0.25) is 5.02 Å². The molecule has 2 aromatic carbocycles. The Kier molecular flexibility index (Phi) is 6.59. The van der Waals surface area contributed by atoms with Crippen molar-refractivity contribution in [3.8, 4) is 5.75 Å². The SMILES string of the molecule is C=CC(O)[C@@H]1CC[C@H]1CN1C[C@@]2(CCc3cc(Cl)ccc32)COc2ccc(C(=O)OC(C)(C)C)cc21. The molecule has 1 spiro atoms. The van der Waals surface area contributed by atoms with Crippen molar-refractivity contribution in [1.29, 1.82) is 0 Å². The van der Waals surface area contributed by atoms with Gasteiger partial charge in [-0.2, -0.15) is 0 Å². The number of carbonyl (C=O) groups excluding carboxylic acids is 1. The van der Waals surface area contributed by atoms with Crippen LogP contribution in [0.5, 0.6) is 5.75 Å². The van der Waals surface area contributed by atoms with Crippen LogP contribution in [-0.4, -0.2) is 42.5 Å². The van der Waals surface area contributed by atoms with E-state index in [0.29, 0.717) is 18.1 Å². The lowest BCUT2D eigenvalue weighted by Gasteiger charge is -2.43. The molecule has 5 rings (SSSR count). The number of hydrogen-bond donors (Lipinski definition) is 1. The van der Waals surface area contributed by atoms with Crippen molar-refractivity contribution in [2.45, 2.75) is 63.6 Å². The van der Waals surface area contributed by atoms with Crippen molar-refractivity contribution in [1.82, 2.24) is 0 Å². The molecule has 0 saturated heterocycles. The van der Waals surface area contributed by atoms with Crippen LogP contribution >= 0.6 is 11.6 Å². The molecule has 5 nitrogen and oxygen atoms in total. The quantitative estimate of drug-likeness (QED) is 0.398. The Morgan fingerprint density at radius 3 is 2.81 bits per heavy atom. The third kappa shape index (κ3) is 4.76. The van der Waals surface area contributed by atoms with Gasteiger partial charge in [0, 0.05) is 23.5 Å². The van der Waals surface area contributed by atoms with Crippen molar-refractivity contribution in [2.24, 2.45) is 11.8 Å². The second-order valence-corrected chi connectivity index (χ2v) is 12.1. The van der Waals surface area contributed by atoms with Gasteiger partial charge in [-0.1, -0.05) is 23.7 Å². The van der Waals surface area contributed by atoms with Gasteiger partial charge in [0.1, 0.15) is 11.4 Å². The zero-order valence-electron chi connectivity index (χ0n) is 21.4. The summed E-state index contributed by atoms with van der Waals surface area (Å²) in [6.07, 6.45) is 5.16. The molecular formula is C30H36ClNO4. The van der Waals surface area contributed by atoms with Crippen molar-refractivity contribution in [2.75, 3.05) is 24.6 Å². The van der Waals surface area contributed by atoms with Crippen molar-refractivity contribution in [3.63, 3.8) is 0 Å². The largest absolute Gasteiger partial charge is 0.490 e. The zero-order valence-corrected chi connectivity index (χ0v) is 22.2. The van der Waals surface area contributed by atoms with E-state index in [9.17, 15) is 9.90 Å². The first-order valence-electron chi connectivity index (χ1n) is 12.9. The van der Waals surface area contributed by atoms with Crippen LogP contribution in [0.1, 0.15) is 61.5 Å². The molecule has 1 heterocycles. The summed E-state index contributed by atoms with van der Waals surface area (Å²) >= 11 is 6.31. The Labute approximate surface area is 219 Å². The zero-order chi connectivity index (χ0) is 25.7. The summed E-state index contributed by atoms with van der Waals surface area (Å²) in [6, 6.07) is 11.8. The maximum absolute atomic E-state index is 12.9. The number of aliphatic hydroxyl groups excluding tert-OH is 1. The van der Waals surface area contributed by atoms with E-state index in [1.54, 1.807) is 12.1 Å². The molecule has 1 aliphatic heterocycles. The monoisotopic (exact) mass is 509 g/mol. The Hall–Kier alpha value is -2.50. The number of esters is 1. The predicted octanol–water partition coefficient (Wildman–Crippen LogP) is 5.95. The van der Waals surface area contributed by atoms with E-state index in [1.807, 2.05) is 39.0 Å². The van der Waals surface area contributed by atoms with Crippen LogP contribution in [-0.2, 0) is 16.6 Å². The summed E-state index contributed by atoms with van der Waals surface area (Å²) in [5.74, 6) is 0.988. The van der Waals surface area contributed by atoms with Crippen LogP contribution in [0, 0.1) is 11.8 Å². The molecule has 0 aromatic heterocycles. The van der Waals surface area contributed by atoms with E-state index in [-0.39, 0.29) is 17.3 Å². The highest BCUT2D eigenvalue weighted by molar-refractivity contribution is 6.30. The molecule has 1 N–H and O–H groups in total. The van der Waals surface area contributed by atoms with Gasteiger partial charge < -0.3 is 19.5 Å². The summed E-state index contributed by atoms with van der Waals surface area (Å²) in [4.78, 5) is 15.3. The van der Waals surface area contributed by atoms with Gasteiger partial charge in [-0.25, -0.2) is 4.79 Å². The van der Waals surface area contributed by atoms with Gasteiger partial charge in [0.05, 0.1) is 24.0 Å². The highest BCUT2D eigenvalue weighted by Gasteiger charge is 2.45. The third-order valence-electron chi connectivity index (χ3n) is 8.05. The lowest BCUT2D eigenvalue weighted by molar-refractivity contribution is 0.00695. The maximum atomic E-state index is 12.9. The van der Waals surface area contributed by atoms with Gasteiger partial charge in [-0.15, -0.1) is 6.58 Å². The normalized spacial score (nSPS) is 25.8. The molecule has 6 heteroatoms. The smallest absolute Gasteiger partial charge is 0.338 e. The summed E-state index contributed by atoms with van der Waals surface area (Å²) in [7, 11) is 0. The molecule has 4 atom stereocenters. The Morgan fingerprint density at radius 1 is 1.31 bits per heavy atom. The van der Waals surface area contributed by atoms with E-state index in [2.05, 4.69) is 23.6 Å². The minimum Gasteiger partial charge on any atom is -0.490 e. The minimum atomic E-state index is -0.571. The molecule has 192 valence electrons. The average molecular weight is 510 g/mol. The maximum Gasteiger partial charge on any atom is 0.338 e. The van der Waals surface area contributed by atoms with Gasteiger partial charge >= 0.3 is 5.97 Å². The van der Waals surface area contributed by atoms with Gasteiger partial charge in [0.2, 0.25) is 0 Å².